The summed E-state index contributed by atoms with van der Waals surface area (Å²) in [5.41, 5.74) is 1.48. The van der Waals surface area contributed by atoms with E-state index in [0.717, 1.165) is 5.69 Å². The van der Waals surface area contributed by atoms with Crippen LogP contribution in [0, 0.1) is 6.92 Å². The predicted octanol–water partition coefficient (Wildman–Crippen LogP) is 4.16. The monoisotopic (exact) mass is 547 g/mol. The van der Waals surface area contributed by atoms with Crippen molar-refractivity contribution < 1.29 is 18.8 Å². The minimum absolute atomic E-state index is 0.270. The van der Waals surface area contributed by atoms with Gasteiger partial charge in [-0.05, 0) is 43.3 Å². The molecule has 1 fully saturated rings. The predicted molar refractivity (Wildman–Crippen MR) is 135 cm³/mol. The molecule has 1 saturated heterocycles. The molecule has 0 spiro atoms. The van der Waals surface area contributed by atoms with Gasteiger partial charge in [0.2, 0.25) is 5.79 Å². The number of aryl methyl sites for hydroxylation is 1. The van der Waals surface area contributed by atoms with E-state index in [9.17, 15) is 4.55 Å². The fraction of sp³-hybridized carbons (Fsp3) is 0.292. The van der Waals surface area contributed by atoms with Crippen LogP contribution in [0.15, 0.2) is 66.3 Å². The van der Waals surface area contributed by atoms with E-state index in [-0.39, 0.29) is 12.7 Å². The summed E-state index contributed by atoms with van der Waals surface area (Å²) in [6, 6.07) is 12.6. The number of nitrogens with zero attached hydrogens (tertiary/aromatic N) is 5. The summed E-state index contributed by atoms with van der Waals surface area (Å²) in [6.07, 6.45) is 6.46. The highest BCUT2D eigenvalue weighted by Crippen LogP contribution is 2.40. The second-order valence-corrected chi connectivity index (χ2v) is 10.4. The Morgan fingerprint density at radius 1 is 1.19 bits per heavy atom. The molecule has 5 rings (SSSR count). The van der Waals surface area contributed by atoms with Crippen molar-refractivity contribution in [3.05, 3.63) is 82.6 Å². The van der Waals surface area contributed by atoms with Gasteiger partial charge < -0.3 is 23.3 Å². The van der Waals surface area contributed by atoms with E-state index in [2.05, 4.69) is 15.2 Å². The van der Waals surface area contributed by atoms with Crippen LogP contribution in [-0.2, 0) is 33.0 Å². The molecule has 0 aliphatic carbocycles. The average Bonchev–Trinajstić information content (AvgIpc) is 3.59. The number of hydrogen-bond acceptors (Lipinski definition) is 7. The fourth-order valence-corrected chi connectivity index (χ4v) is 5.29. The Balaban J connectivity index is 1.30. The number of hydrogen-bond donors (Lipinski definition) is 0. The first-order valence-corrected chi connectivity index (χ1v) is 13.4. The summed E-state index contributed by atoms with van der Waals surface area (Å²) in [7, 11) is 0. The zero-order chi connectivity index (χ0) is 25.3. The summed E-state index contributed by atoms with van der Waals surface area (Å²) >= 11 is 11.4. The van der Waals surface area contributed by atoms with Gasteiger partial charge in [-0.15, -0.1) is 5.10 Å². The van der Waals surface area contributed by atoms with Crippen LogP contribution < -0.4 is 4.74 Å². The second kappa shape index (κ2) is 10.4. The number of ether oxygens (including phenoxy) is 3. The third-order valence-corrected chi connectivity index (χ3v) is 7.06. The highest BCUT2D eigenvalue weighted by molar-refractivity contribution is 7.90. The van der Waals surface area contributed by atoms with Gasteiger partial charge in [0.25, 0.3) is 0 Å². The van der Waals surface area contributed by atoms with Crippen LogP contribution in [-0.4, -0.2) is 54.4 Å². The highest BCUT2D eigenvalue weighted by Gasteiger charge is 2.45. The number of imidazole rings is 1. The number of aromatic nitrogens is 5. The molecule has 4 aromatic rings. The van der Waals surface area contributed by atoms with Crippen molar-refractivity contribution in [1.82, 2.24) is 24.3 Å². The van der Waals surface area contributed by atoms with Crippen molar-refractivity contribution >= 4 is 34.4 Å². The molecule has 0 N–H and O–H groups in total. The first-order valence-electron chi connectivity index (χ1n) is 11.1. The standard InChI is InChI=1S/C24H23Cl2N5O4S/c1-16-28-29-23(36(2)32)31(16)18-4-6-19(7-5-18)33-12-20-13-34-24(35-20,14-30-10-9-27-15-30)21-8-3-17(25)11-22(21)26/h3-11,15,20H,12-14H2,1-2H3/t20-,24-,36?/m1/s1. The molecule has 9 nitrogen and oxygen atoms in total. The molecule has 0 radical (unpaired) electrons. The molecule has 1 unspecified atom stereocenters. The summed E-state index contributed by atoms with van der Waals surface area (Å²) in [5, 5.41) is 9.43. The lowest BCUT2D eigenvalue weighted by Crippen LogP contribution is -2.34. The van der Waals surface area contributed by atoms with Gasteiger partial charge in [-0.25, -0.2) is 9.55 Å². The van der Waals surface area contributed by atoms with Gasteiger partial charge >= 0.3 is 5.16 Å². The summed E-state index contributed by atoms with van der Waals surface area (Å²) in [4.78, 5) is 4.11. The molecule has 0 amide bonds. The van der Waals surface area contributed by atoms with Gasteiger partial charge in [0.15, 0.2) is 0 Å². The zero-order valence-electron chi connectivity index (χ0n) is 19.5. The molecule has 0 bridgehead atoms. The molecular formula is C24H23Cl2N5O4S. The highest BCUT2D eigenvalue weighted by atomic mass is 35.5. The van der Waals surface area contributed by atoms with E-state index >= 15 is 0 Å². The van der Waals surface area contributed by atoms with Crippen molar-refractivity contribution in [3.8, 4) is 11.4 Å². The first-order chi connectivity index (χ1) is 17.3. The minimum atomic E-state index is -1.26. The number of benzene rings is 2. The van der Waals surface area contributed by atoms with Crippen molar-refractivity contribution in [3.63, 3.8) is 0 Å². The van der Waals surface area contributed by atoms with E-state index in [4.69, 9.17) is 37.4 Å². The van der Waals surface area contributed by atoms with Gasteiger partial charge in [0, 0.05) is 34.2 Å². The minimum Gasteiger partial charge on any atom is -0.609 e. The Labute approximate surface area is 221 Å². The van der Waals surface area contributed by atoms with E-state index in [1.54, 1.807) is 35.5 Å². The Kier molecular flexibility index (Phi) is 7.25. The Bertz CT molecular complexity index is 1330. The quantitative estimate of drug-likeness (QED) is 0.305. The van der Waals surface area contributed by atoms with Crippen molar-refractivity contribution in [2.75, 3.05) is 19.5 Å². The smallest absolute Gasteiger partial charge is 0.347 e. The molecule has 188 valence electrons. The van der Waals surface area contributed by atoms with E-state index < -0.39 is 17.0 Å². The molecule has 2 aromatic heterocycles. The SMILES string of the molecule is Cc1nnc([S+](C)[O-])n1-c1ccc(OC[C@@H]2CO[C@@](Cn3ccnc3)(c3ccc(Cl)cc3Cl)O2)cc1. The molecule has 3 heterocycles. The fourth-order valence-electron chi connectivity index (χ4n) is 4.08. The average molecular weight is 548 g/mol. The van der Waals surface area contributed by atoms with Crippen molar-refractivity contribution in [2.45, 2.75) is 30.5 Å². The van der Waals surface area contributed by atoms with Crippen LogP contribution in [0.3, 0.4) is 0 Å². The van der Waals surface area contributed by atoms with E-state index in [0.29, 0.717) is 45.5 Å². The first kappa shape index (κ1) is 25.1. The summed E-state index contributed by atoms with van der Waals surface area (Å²) in [6.45, 7) is 2.76. The molecule has 0 saturated carbocycles. The molecular weight excluding hydrogens is 525 g/mol. The van der Waals surface area contributed by atoms with Gasteiger partial charge in [-0.2, -0.15) is 0 Å². The largest absolute Gasteiger partial charge is 0.609 e. The Hall–Kier alpha value is -2.60. The lowest BCUT2D eigenvalue weighted by molar-refractivity contribution is -0.189. The van der Waals surface area contributed by atoms with E-state index in [1.807, 2.05) is 48.0 Å². The Morgan fingerprint density at radius 2 is 2.00 bits per heavy atom. The van der Waals surface area contributed by atoms with Crippen LogP contribution in [0.25, 0.3) is 5.69 Å². The zero-order valence-corrected chi connectivity index (χ0v) is 21.8. The maximum atomic E-state index is 12.0. The molecule has 12 heteroatoms. The van der Waals surface area contributed by atoms with Crippen LogP contribution >= 0.6 is 23.2 Å². The molecule has 1 aliphatic heterocycles. The maximum absolute atomic E-state index is 12.0. The van der Waals surface area contributed by atoms with Gasteiger partial charge in [-0.3, -0.25) is 0 Å². The van der Waals surface area contributed by atoms with Crippen LogP contribution in [0.1, 0.15) is 11.4 Å². The topological polar surface area (TPSA) is 99.3 Å². The van der Waals surface area contributed by atoms with Crippen molar-refractivity contribution in [2.24, 2.45) is 0 Å². The second-order valence-electron chi connectivity index (χ2n) is 8.29. The Morgan fingerprint density at radius 3 is 2.69 bits per heavy atom. The lowest BCUT2D eigenvalue weighted by atomic mass is 10.1. The van der Waals surface area contributed by atoms with Gasteiger partial charge in [0.1, 0.15) is 30.5 Å². The van der Waals surface area contributed by atoms with E-state index in [1.165, 1.54) is 0 Å². The summed E-state index contributed by atoms with van der Waals surface area (Å²) < 4.78 is 34.2. The lowest BCUT2D eigenvalue weighted by Gasteiger charge is -2.30. The third-order valence-electron chi connectivity index (χ3n) is 5.73. The van der Waals surface area contributed by atoms with Gasteiger partial charge in [-0.1, -0.05) is 34.4 Å². The van der Waals surface area contributed by atoms with Crippen LogP contribution in [0.4, 0.5) is 0 Å². The summed E-state index contributed by atoms with van der Waals surface area (Å²) in [5.74, 6) is 0.197. The van der Waals surface area contributed by atoms with Crippen LogP contribution in [0.2, 0.25) is 10.0 Å². The maximum Gasteiger partial charge on any atom is 0.347 e. The van der Waals surface area contributed by atoms with Crippen molar-refractivity contribution in [1.29, 1.82) is 0 Å². The van der Waals surface area contributed by atoms with Gasteiger partial charge in [0.05, 0.1) is 30.2 Å². The molecule has 3 atom stereocenters. The molecule has 2 aromatic carbocycles. The molecule has 36 heavy (non-hydrogen) atoms. The normalized spacial score (nSPS) is 20.5. The molecule has 1 aliphatic rings. The third kappa shape index (κ3) is 5.10. The number of halogens is 2. The number of rotatable bonds is 8. The van der Waals surface area contributed by atoms with Crippen LogP contribution in [0.5, 0.6) is 5.75 Å².